The molecular formula is C19H38O5. The van der Waals surface area contributed by atoms with Gasteiger partial charge >= 0.3 is 5.97 Å². The second kappa shape index (κ2) is 17.2. The number of carbonyl (C=O) groups is 1. The minimum absolute atomic E-state index is 0.0150. The Balaban J connectivity index is 3.80. The summed E-state index contributed by atoms with van der Waals surface area (Å²) in [4.78, 5) is 11.2. The molecule has 0 radical (unpaired) electrons. The third-order valence-corrected chi connectivity index (χ3v) is 4.22. The summed E-state index contributed by atoms with van der Waals surface area (Å²) >= 11 is 0. The molecule has 5 nitrogen and oxygen atoms in total. The van der Waals surface area contributed by atoms with E-state index < -0.39 is 12.1 Å². The van der Waals surface area contributed by atoms with Crippen LogP contribution in [0.1, 0.15) is 84.0 Å². The van der Waals surface area contributed by atoms with Crippen molar-refractivity contribution in [3.8, 4) is 0 Å². The van der Waals surface area contributed by atoms with Crippen LogP contribution in [0.4, 0.5) is 0 Å². The number of aliphatic hydroxyl groups excluding tert-OH is 1. The summed E-state index contributed by atoms with van der Waals surface area (Å²) in [6, 6.07) is 0. The lowest BCUT2D eigenvalue weighted by molar-refractivity contribution is -0.143. The van der Waals surface area contributed by atoms with Crippen molar-refractivity contribution in [2.45, 2.75) is 96.2 Å². The first-order valence-electron chi connectivity index (χ1n) is 9.49. The molecule has 0 heterocycles. The van der Waals surface area contributed by atoms with Gasteiger partial charge < -0.3 is 19.3 Å². The van der Waals surface area contributed by atoms with Gasteiger partial charge in [-0.2, -0.15) is 0 Å². The minimum atomic E-state index is -0.724. The standard InChI is InChI=1S/C19H38O5/c1-4-5-6-7-8-9-10-11-12-13-18(24-16-22-2)14-17(20)15-19(21)23-3/h17-18,20H,4-16H2,1-3H3/t17-,18+/m0/s1. The number of carbonyl (C=O) groups excluding carboxylic acids is 1. The van der Waals surface area contributed by atoms with Crippen LogP contribution in [-0.4, -0.2) is 44.3 Å². The van der Waals surface area contributed by atoms with Crippen LogP contribution in [0.2, 0.25) is 0 Å². The van der Waals surface area contributed by atoms with Gasteiger partial charge in [-0.05, 0) is 6.42 Å². The fourth-order valence-electron chi connectivity index (χ4n) is 2.78. The highest BCUT2D eigenvalue weighted by molar-refractivity contribution is 5.69. The van der Waals surface area contributed by atoms with Crippen molar-refractivity contribution in [1.29, 1.82) is 0 Å². The molecule has 144 valence electrons. The average Bonchev–Trinajstić information content (AvgIpc) is 2.57. The average molecular weight is 347 g/mol. The topological polar surface area (TPSA) is 65.0 Å². The van der Waals surface area contributed by atoms with E-state index in [4.69, 9.17) is 9.47 Å². The number of hydrogen-bond acceptors (Lipinski definition) is 5. The predicted molar refractivity (Wildman–Crippen MR) is 95.8 cm³/mol. The highest BCUT2D eigenvalue weighted by Crippen LogP contribution is 2.16. The smallest absolute Gasteiger partial charge is 0.308 e. The normalized spacial score (nSPS) is 13.7. The lowest BCUT2D eigenvalue weighted by Gasteiger charge is -2.20. The fraction of sp³-hybridized carbons (Fsp3) is 0.947. The molecular weight excluding hydrogens is 308 g/mol. The molecule has 0 saturated carbocycles. The number of ether oxygens (including phenoxy) is 3. The van der Waals surface area contributed by atoms with Crippen LogP contribution in [-0.2, 0) is 19.0 Å². The Morgan fingerprint density at radius 1 is 0.958 bits per heavy atom. The van der Waals surface area contributed by atoms with E-state index >= 15 is 0 Å². The van der Waals surface area contributed by atoms with Crippen molar-refractivity contribution in [3.63, 3.8) is 0 Å². The molecule has 1 N–H and O–H groups in total. The van der Waals surface area contributed by atoms with E-state index in [1.807, 2.05) is 0 Å². The van der Waals surface area contributed by atoms with Crippen LogP contribution in [0.3, 0.4) is 0 Å². The van der Waals surface area contributed by atoms with E-state index in [9.17, 15) is 9.90 Å². The molecule has 24 heavy (non-hydrogen) atoms. The van der Waals surface area contributed by atoms with Crippen molar-refractivity contribution < 1.29 is 24.1 Å². The molecule has 0 aliphatic rings. The lowest BCUT2D eigenvalue weighted by atomic mass is 10.0. The second-order valence-electron chi connectivity index (χ2n) is 6.48. The molecule has 0 saturated heterocycles. The largest absolute Gasteiger partial charge is 0.469 e. The van der Waals surface area contributed by atoms with E-state index in [1.165, 1.54) is 58.5 Å². The van der Waals surface area contributed by atoms with Gasteiger partial charge in [0.1, 0.15) is 6.79 Å². The first kappa shape index (κ1) is 23.4. The van der Waals surface area contributed by atoms with Crippen LogP contribution in [0, 0.1) is 0 Å². The van der Waals surface area contributed by atoms with Gasteiger partial charge in [-0.25, -0.2) is 0 Å². The number of esters is 1. The number of unbranched alkanes of at least 4 members (excludes halogenated alkanes) is 8. The van der Waals surface area contributed by atoms with Crippen LogP contribution in [0.25, 0.3) is 0 Å². The number of aliphatic hydroxyl groups is 1. The van der Waals surface area contributed by atoms with Crippen molar-refractivity contribution in [2.24, 2.45) is 0 Å². The molecule has 2 atom stereocenters. The van der Waals surface area contributed by atoms with Gasteiger partial charge in [0.2, 0.25) is 0 Å². The Kier molecular flexibility index (Phi) is 16.7. The molecule has 5 heteroatoms. The molecule has 0 aliphatic heterocycles. The van der Waals surface area contributed by atoms with E-state index in [-0.39, 0.29) is 19.3 Å². The van der Waals surface area contributed by atoms with Crippen LogP contribution >= 0.6 is 0 Å². The van der Waals surface area contributed by atoms with Gasteiger partial charge in [-0.15, -0.1) is 0 Å². The molecule has 0 rings (SSSR count). The Morgan fingerprint density at radius 3 is 2.08 bits per heavy atom. The summed E-state index contributed by atoms with van der Waals surface area (Å²) in [6.45, 7) is 2.46. The summed E-state index contributed by atoms with van der Waals surface area (Å²) in [7, 11) is 2.91. The zero-order chi connectivity index (χ0) is 18.0. The van der Waals surface area contributed by atoms with Gasteiger partial charge in [0, 0.05) is 13.5 Å². The quantitative estimate of drug-likeness (QED) is 0.243. The minimum Gasteiger partial charge on any atom is -0.469 e. The van der Waals surface area contributed by atoms with E-state index in [0.29, 0.717) is 6.42 Å². The third-order valence-electron chi connectivity index (χ3n) is 4.22. The first-order valence-corrected chi connectivity index (χ1v) is 9.49. The highest BCUT2D eigenvalue weighted by Gasteiger charge is 2.18. The van der Waals surface area contributed by atoms with Gasteiger partial charge in [-0.3, -0.25) is 4.79 Å². The summed E-state index contributed by atoms with van der Waals surface area (Å²) in [6.07, 6.45) is 12.1. The third kappa shape index (κ3) is 14.9. The van der Waals surface area contributed by atoms with Gasteiger partial charge in [0.05, 0.1) is 25.7 Å². The van der Waals surface area contributed by atoms with Crippen LogP contribution in [0.15, 0.2) is 0 Å². The van der Waals surface area contributed by atoms with Crippen molar-refractivity contribution in [1.82, 2.24) is 0 Å². The lowest BCUT2D eigenvalue weighted by Crippen LogP contribution is -2.24. The molecule has 0 aromatic heterocycles. The van der Waals surface area contributed by atoms with E-state index in [2.05, 4.69) is 11.7 Å². The molecule has 0 spiro atoms. The van der Waals surface area contributed by atoms with E-state index in [0.717, 1.165) is 12.8 Å². The van der Waals surface area contributed by atoms with Crippen molar-refractivity contribution >= 4 is 5.97 Å². The van der Waals surface area contributed by atoms with Gasteiger partial charge in [0.15, 0.2) is 0 Å². The zero-order valence-corrected chi connectivity index (χ0v) is 15.9. The Morgan fingerprint density at radius 2 is 1.54 bits per heavy atom. The SMILES string of the molecule is CCCCCCCCCCC[C@H](C[C@H](O)CC(=O)OC)OCOC. The maximum atomic E-state index is 11.2. The monoisotopic (exact) mass is 346 g/mol. The molecule has 0 aromatic rings. The summed E-state index contributed by atoms with van der Waals surface area (Å²) in [5, 5.41) is 9.94. The maximum absolute atomic E-state index is 11.2. The van der Waals surface area contributed by atoms with Crippen molar-refractivity contribution in [2.75, 3.05) is 21.0 Å². The van der Waals surface area contributed by atoms with Gasteiger partial charge in [0.25, 0.3) is 0 Å². The summed E-state index contributed by atoms with van der Waals surface area (Å²) < 4.78 is 15.1. The fourth-order valence-corrected chi connectivity index (χ4v) is 2.78. The number of hydrogen-bond donors (Lipinski definition) is 1. The first-order chi connectivity index (χ1) is 11.6. The van der Waals surface area contributed by atoms with Gasteiger partial charge in [-0.1, -0.05) is 64.7 Å². The molecule has 0 amide bonds. The summed E-state index contributed by atoms with van der Waals surface area (Å²) in [5.41, 5.74) is 0. The van der Waals surface area contributed by atoms with E-state index in [1.54, 1.807) is 7.11 Å². The maximum Gasteiger partial charge on any atom is 0.308 e. The van der Waals surface area contributed by atoms with Crippen LogP contribution < -0.4 is 0 Å². The van der Waals surface area contributed by atoms with Crippen molar-refractivity contribution in [3.05, 3.63) is 0 Å². The van der Waals surface area contributed by atoms with Crippen LogP contribution in [0.5, 0.6) is 0 Å². The summed E-state index contributed by atoms with van der Waals surface area (Å²) in [5.74, 6) is -0.393. The highest BCUT2D eigenvalue weighted by atomic mass is 16.7. The Labute approximate surface area is 148 Å². The Bertz CT molecular complexity index is 283. The zero-order valence-electron chi connectivity index (χ0n) is 15.9. The molecule has 0 bridgehead atoms. The number of rotatable bonds is 17. The molecule has 0 unspecified atom stereocenters. The molecule has 0 aromatic carbocycles. The number of methoxy groups -OCH3 is 2. The second-order valence-corrected chi connectivity index (χ2v) is 6.48. The molecule has 0 fully saturated rings. The Hall–Kier alpha value is -0.650. The predicted octanol–water partition coefficient (Wildman–Crippen LogP) is 4.21. The molecule has 0 aliphatic carbocycles.